The van der Waals surface area contributed by atoms with Crippen LogP contribution in [0.5, 0.6) is 0 Å². The van der Waals surface area contributed by atoms with Gasteiger partial charge in [0.1, 0.15) is 0 Å². The van der Waals surface area contributed by atoms with Crippen molar-refractivity contribution < 1.29 is 14.7 Å². The van der Waals surface area contributed by atoms with Crippen LogP contribution in [-0.2, 0) is 9.59 Å². The van der Waals surface area contributed by atoms with Crippen LogP contribution in [0.1, 0.15) is 26.7 Å². The molecule has 0 saturated carbocycles. The molecular weight excluding hydrogens is 168 g/mol. The van der Waals surface area contributed by atoms with Gasteiger partial charge in [-0.1, -0.05) is 18.6 Å². The van der Waals surface area contributed by atoms with Crippen LogP contribution in [-0.4, -0.2) is 16.9 Å². The van der Waals surface area contributed by atoms with E-state index in [9.17, 15) is 9.59 Å². The third kappa shape index (κ3) is 2.17. The summed E-state index contributed by atoms with van der Waals surface area (Å²) < 4.78 is 0. The molecule has 3 nitrogen and oxygen atoms in total. The third-order valence-corrected chi connectivity index (χ3v) is 2.58. The van der Waals surface area contributed by atoms with Gasteiger partial charge in [-0.3, -0.25) is 4.79 Å². The Balaban J connectivity index is 2.74. The molecule has 0 radical (unpaired) electrons. The second-order valence-corrected chi connectivity index (χ2v) is 3.69. The lowest BCUT2D eigenvalue weighted by Gasteiger charge is -2.23. The number of hydrogen-bond donors (Lipinski definition) is 1. The van der Waals surface area contributed by atoms with Crippen molar-refractivity contribution in [1.29, 1.82) is 0 Å². The molecule has 0 aromatic rings. The molecule has 0 saturated heterocycles. The summed E-state index contributed by atoms with van der Waals surface area (Å²) in [5.41, 5.74) is 1.25. The zero-order valence-corrected chi connectivity index (χ0v) is 7.91. The Hall–Kier alpha value is -1.12. The predicted octanol–water partition coefficient (Wildman–Crippen LogP) is 1.63. The molecule has 1 rings (SSSR count). The van der Waals surface area contributed by atoms with E-state index in [4.69, 9.17) is 5.11 Å². The quantitative estimate of drug-likeness (QED) is 0.521. The fourth-order valence-corrected chi connectivity index (χ4v) is 1.82. The Morgan fingerprint density at radius 2 is 2.15 bits per heavy atom. The number of Topliss-reactive ketones (excluding diaryl/α,β-unsaturated/α-hetero) is 1. The molecule has 1 N–H and O–H groups in total. The van der Waals surface area contributed by atoms with Crippen LogP contribution >= 0.6 is 0 Å². The van der Waals surface area contributed by atoms with E-state index in [1.807, 2.05) is 19.9 Å². The second-order valence-electron chi connectivity index (χ2n) is 3.69. The maximum atomic E-state index is 11.2. The fraction of sp³-hybridized carbons (Fsp3) is 0.600. The van der Waals surface area contributed by atoms with E-state index in [1.165, 1.54) is 5.57 Å². The minimum Gasteiger partial charge on any atom is -0.475 e. The fourth-order valence-electron chi connectivity index (χ4n) is 1.82. The van der Waals surface area contributed by atoms with Crippen LogP contribution in [0.15, 0.2) is 11.6 Å². The van der Waals surface area contributed by atoms with Crippen LogP contribution in [0.4, 0.5) is 0 Å². The van der Waals surface area contributed by atoms with E-state index in [1.54, 1.807) is 0 Å². The highest BCUT2D eigenvalue weighted by Gasteiger charge is 2.30. The summed E-state index contributed by atoms with van der Waals surface area (Å²) >= 11 is 0. The molecule has 2 unspecified atom stereocenters. The van der Waals surface area contributed by atoms with E-state index in [-0.39, 0.29) is 11.8 Å². The van der Waals surface area contributed by atoms with E-state index in [2.05, 4.69) is 0 Å². The number of carboxylic acid groups (broad SMARTS) is 1. The highest BCUT2D eigenvalue weighted by Crippen LogP contribution is 2.28. The Morgan fingerprint density at radius 3 is 2.62 bits per heavy atom. The van der Waals surface area contributed by atoms with Crippen LogP contribution < -0.4 is 0 Å². The second kappa shape index (κ2) is 3.73. The molecular formula is C10H14O3. The van der Waals surface area contributed by atoms with Gasteiger partial charge in [-0.05, 0) is 25.7 Å². The van der Waals surface area contributed by atoms with Gasteiger partial charge < -0.3 is 5.11 Å². The van der Waals surface area contributed by atoms with Crippen LogP contribution in [0.3, 0.4) is 0 Å². The Kier molecular flexibility index (Phi) is 2.86. The molecule has 0 aromatic heterocycles. The van der Waals surface area contributed by atoms with Crippen molar-refractivity contribution in [2.75, 3.05) is 0 Å². The average Bonchev–Trinajstić information content (AvgIpc) is 2.03. The first-order valence-corrected chi connectivity index (χ1v) is 4.47. The monoisotopic (exact) mass is 182 g/mol. The number of carbonyl (C=O) groups is 2. The van der Waals surface area contributed by atoms with Gasteiger partial charge in [0, 0.05) is 5.92 Å². The summed E-state index contributed by atoms with van der Waals surface area (Å²) in [7, 11) is 0. The standard InChI is InChI=1S/C10H14O3/c1-6-3-4-8(7(2)5-6)9(11)10(12)13/h5,7-8H,3-4H2,1-2H3,(H,12,13). The van der Waals surface area contributed by atoms with E-state index < -0.39 is 11.8 Å². The lowest BCUT2D eigenvalue weighted by molar-refractivity contribution is -0.151. The third-order valence-electron chi connectivity index (χ3n) is 2.58. The molecule has 72 valence electrons. The lowest BCUT2D eigenvalue weighted by Crippen LogP contribution is -2.29. The summed E-state index contributed by atoms with van der Waals surface area (Å²) in [6.07, 6.45) is 3.51. The molecule has 0 aromatic carbocycles. The first-order chi connectivity index (χ1) is 6.02. The molecule has 1 aliphatic carbocycles. The molecule has 2 atom stereocenters. The number of carbonyl (C=O) groups excluding carboxylic acids is 1. The van der Waals surface area contributed by atoms with Gasteiger partial charge in [0.25, 0.3) is 0 Å². The molecule has 13 heavy (non-hydrogen) atoms. The maximum Gasteiger partial charge on any atom is 0.372 e. The van der Waals surface area contributed by atoms with Gasteiger partial charge >= 0.3 is 5.97 Å². The van der Waals surface area contributed by atoms with Gasteiger partial charge in [-0.2, -0.15) is 0 Å². The number of rotatable bonds is 2. The van der Waals surface area contributed by atoms with Gasteiger partial charge in [-0.15, -0.1) is 0 Å². The van der Waals surface area contributed by atoms with Gasteiger partial charge in [0.2, 0.25) is 5.78 Å². The molecule has 3 heteroatoms. The Bertz CT molecular complexity index is 265. The predicted molar refractivity (Wildman–Crippen MR) is 48.3 cm³/mol. The number of hydrogen-bond acceptors (Lipinski definition) is 2. The topological polar surface area (TPSA) is 54.4 Å². The molecule has 0 amide bonds. The van der Waals surface area contributed by atoms with Crippen molar-refractivity contribution in [3.8, 4) is 0 Å². The molecule has 0 heterocycles. The smallest absolute Gasteiger partial charge is 0.372 e. The zero-order chi connectivity index (χ0) is 10.0. The summed E-state index contributed by atoms with van der Waals surface area (Å²) in [4.78, 5) is 21.6. The number of allylic oxidation sites excluding steroid dienone is 2. The SMILES string of the molecule is CC1=CC(C)C(C(=O)C(=O)O)CC1. The van der Waals surface area contributed by atoms with Crippen molar-refractivity contribution in [3.05, 3.63) is 11.6 Å². The lowest BCUT2D eigenvalue weighted by atomic mass is 9.80. The van der Waals surface area contributed by atoms with Crippen molar-refractivity contribution in [2.24, 2.45) is 11.8 Å². The molecule has 0 bridgehead atoms. The first kappa shape index (κ1) is 9.96. The number of carboxylic acids is 1. The summed E-state index contributed by atoms with van der Waals surface area (Å²) in [6, 6.07) is 0. The van der Waals surface area contributed by atoms with Crippen LogP contribution in [0, 0.1) is 11.8 Å². The highest BCUT2D eigenvalue weighted by atomic mass is 16.4. The van der Waals surface area contributed by atoms with Crippen LogP contribution in [0.2, 0.25) is 0 Å². The molecule has 0 fully saturated rings. The Morgan fingerprint density at radius 1 is 1.54 bits per heavy atom. The summed E-state index contributed by atoms with van der Waals surface area (Å²) in [5, 5.41) is 8.55. The maximum absolute atomic E-state index is 11.2. The summed E-state index contributed by atoms with van der Waals surface area (Å²) in [6.45, 7) is 3.91. The van der Waals surface area contributed by atoms with Crippen molar-refractivity contribution in [3.63, 3.8) is 0 Å². The Labute approximate surface area is 77.4 Å². The normalized spacial score (nSPS) is 28.0. The van der Waals surface area contributed by atoms with Gasteiger partial charge in [0.15, 0.2) is 0 Å². The van der Waals surface area contributed by atoms with E-state index in [0.717, 1.165) is 6.42 Å². The molecule has 1 aliphatic rings. The summed E-state index contributed by atoms with van der Waals surface area (Å²) in [5.74, 6) is -2.19. The van der Waals surface area contributed by atoms with Crippen molar-refractivity contribution in [1.82, 2.24) is 0 Å². The van der Waals surface area contributed by atoms with E-state index in [0.29, 0.717) is 6.42 Å². The minimum absolute atomic E-state index is 0.0670. The van der Waals surface area contributed by atoms with Crippen molar-refractivity contribution >= 4 is 11.8 Å². The first-order valence-electron chi connectivity index (χ1n) is 4.47. The molecule has 0 spiro atoms. The largest absolute Gasteiger partial charge is 0.475 e. The van der Waals surface area contributed by atoms with Crippen LogP contribution in [0.25, 0.3) is 0 Å². The minimum atomic E-state index is -1.30. The number of ketones is 1. The van der Waals surface area contributed by atoms with Crippen molar-refractivity contribution in [2.45, 2.75) is 26.7 Å². The average molecular weight is 182 g/mol. The highest BCUT2D eigenvalue weighted by molar-refractivity contribution is 6.33. The molecule has 0 aliphatic heterocycles. The van der Waals surface area contributed by atoms with Gasteiger partial charge in [-0.25, -0.2) is 4.79 Å². The number of aliphatic carboxylic acids is 1. The van der Waals surface area contributed by atoms with E-state index >= 15 is 0 Å². The van der Waals surface area contributed by atoms with Gasteiger partial charge in [0.05, 0.1) is 0 Å². The zero-order valence-electron chi connectivity index (χ0n) is 7.91.